The van der Waals surface area contributed by atoms with Gasteiger partial charge in [0.25, 0.3) is 5.91 Å². The van der Waals surface area contributed by atoms with E-state index in [1.165, 1.54) is 12.6 Å². The second-order valence-electron chi connectivity index (χ2n) is 4.23. The molecule has 5 nitrogen and oxygen atoms in total. The van der Waals surface area contributed by atoms with Crippen LogP contribution in [0.25, 0.3) is 0 Å². The van der Waals surface area contributed by atoms with Crippen molar-refractivity contribution >= 4 is 5.91 Å². The molecule has 1 unspecified atom stereocenters. The van der Waals surface area contributed by atoms with Crippen molar-refractivity contribution in [2.45, 2.75) is 25.8 Å². The van der Waals surface area contributed by atoms with Crippen molar-refractivity contribution in [2.24, 2.45) is 0 Å². The highest BCUT2D eigenvalue weighted by Gasteiger charge is 2.21. The third kappa shape index (κ3) is 3.00. The van der Waals surface area contributed by atoms with Crippen molar-refractivity contribution in [1.82, 2.24) is 20.2 Å². The van der Waals surface area contributed by atoms with E-state index >= 15 is 0 Å². The molecule has 0 aliphatic carbocycles. The van der Waals surface area contributed by atoms with E-state index in [1.807, 2.05) is 11.8 Å². The van der Waals surface area contributed by atoms with E-state index in [1.54, 1.807) is 12.4 Å². The molecule has 5 heteroatoms. The first-order chi connectivity index (χ1) is 8.31. The van der Waals surface area contributed by atoms with Gasteiger partial charge in [-0.3, -0.25) is 9.78 Å². The maximum absolute atomic E-state index is 12.2. The molecule has 1 N–H and O–H groups in total. The molecule has 1 fully saturated rings. The molecule has 1 aromatic rings. The van der Waals surface area contributed by atoms with Crippen LogP contribution in [0.4, 0.5) is 0 Å². The molecule has 1 aliphatic rings. The van der Waals surface area contributed by atoms with E-state index in [0.29, 0.717) is 18.3 Å². The largest absolute Gasteiger partial charge is 0.336 e. The average molecular weight is 234 g/mol. The van der Waals surface area contributed by atoms with Crippen LogP contribution in [0.15, 0.2) is 18.6 Å². The number of carbonyl (C=O) groups is 1. The van der Waals surface area contributed by atoms with Gasteiger partial charge < -0.3 is 10.2 Å². The van der Waals surface area contributed by atoms with Gasteiger partial charge in [-0.15, -0.1) is 0 Å². The fourth-order valence-electron chi connectivity index (χ4n) is 2.11. The lowest BCUT2D eigenvalue weighted by molar-refractivity contribution is 0.0745. The smallest absolute Gasteiger partial charge is 0.274 e. The molecule has 1 saturated heterocycles. The van der Waals surface area contributed by atoms with Crippen molar-refractivity contribution in [3.8, 4) is 0 Å². The molecule has 2 rings (SSSR count). The summed E-state index contributed by atoms with van der Waals surface area (Å²) in [7, 11) is 0. The monoisotopic (exact) mass is 234 g/mol. The Labute approximate surface area is 101 Å². The molecule has 0 bridgehead atoms. The summed E-state index contributed by atoms with van der Waals surface area (Å²) in [4.78, 5) is 22.0. The summed E-state index contributed by atoms with van der Waals surface area (Å²) in [5.74, 6) is -0.0331. The van der Waals surface area contributed by atoms with Crippen LogP contribution in [0.3, 0.4) is 0 Å². The third-order valence-corrected chi connectivity index (χ3v) is 3.05. The molecular weight excluding hydrogens is 216 g/mol. The molecule has 0 radical (unpaired) electrons. The minimum absolute atomic E-state index is 0.0331. The minimum atomic E-state index is -0.0331. The Morgan fingerprint density at radius 2 is 2.47 bits per heavy atom. The first kappa shape index (κ1) is 12.0. The van der Waals surface area contributed by atoms with Gasteiger partial charge in [-0.2, -0.15) is 0 Å². The van der Waals surface area contributed by atoms with Gasteiger partial charge in [0, 0.05) is 31.5 Å². The van der Waals surface area contributed by atoms with E-state index in [2.05, 4.69) is 15.3 Å². The molecule has 1 aromatic heterocycles. The highest BCUT2D eigenvalue weighted by Crippen LogP contribution is 2.08. The second-order valence-corrected chi connectivity index (χ2v) is 4.23. The zero-order valence-corrected chi connectivity index (χ0v) is 10.1. The second kappa shape index (κ2) is 5.72. The van der Waals surface area contributed by atoms with E-state index in [-0.39, 0.29) is 5.91 Å². The molecule has 17 heavy (non-hydrogen) atoms. The van der Waals surface area contributed by atoms with Crippen molar-refractivity contribution in [1.29, 1.82) is 0 Å². The molecule has 1 aliphatic heterocycles. The fourth-order valence-corrected chi connectivity index (χ4v) is 2.11. The van der Waals surface area contributed by atoms with Crippen LogP contribution >= 0.6 is 0 Å². The number of nitrogens with one attached hydrogen (secondary N) is 1. The summed E-state index contributed by atoms with van der Waals surface area (Å²) in [6, 6.07) is 0.426. The Morgan fingerprint density at radius 3 is 3.06 bits per heavy atom. The van der Waals surface area contributed by atoms with Crippen LogP contribution in [0.5, 0.6) is 0 Å². The first-order valence-corrected chi connectivity index (χ1v) is 6.10. The van der Waals surface area contributed by atoms with Crippen molar-refractivity contribution in [3.05, 3.63) is 24.3 Å². The SMILES string of the molecule is CCN(CC1CCCN1)C(=O)c1cnccn1. The Balaban J connectivity index is 2.00. The number of hydrogen-bond acceptors (Lipinski definition) is 4. The van der Waals surface area contributed by atoms with Crippen LogP contribution in [-0.4, -0.2) is 46.5 Å². The minimum Gasteiger partial charge on any atom is -0.336 e. The summed E-state index contributed by atoms with van der Waals surface area (Å²) in [5, 5.41) is 3.40. The number of aromatic nitrogens is 2. The van der Waals surface area contributed by atoms with Gasteiger partial charge in [-0.25, -0.2) is 4.98 Å². The van der Waals surface area contributed by atoms with Crippen LogP contribution < -0.4 is 5.32 Å². The number of amides is 1. The average Bonchev–Trinajstić information content (AvgIpc) is 2.89. The number of carbonyl (C=O) groups excluding carboxylic acids is 1. The molecule has 2 heterocycles. The van der Waals surface area contributed by atoms with E-state index < -0.39 is 0 Å². The Kier molecular flexibility index (Phi) is 4.03. The Bertz CT molecular complexity index is 362. The zero-order chi connectivity index (χ0) is 12.1. The molecule has 1 atom stereocenters. The van der Waals surface area contributed by atoms with Gasteiger partial charge in [0.2, 0.25) is 0 Å². The van der Waals surface area contributed by atoms with Crippen LogP contribution in [0.1, 0.15) is 30.3 Å². The standard InChI is InChI=1S/C12H18N4O/c1-2-16(9-10-4-3-5-14-10)12(17)11-8-13-6-7-15-11/h6-8,10,14H,2-5,9H2,1H3. The molecule has 0 saturated carbocycles. The number of hydrogen-bond donors (Lipinski definition) is 1. The predicted octanol–water partition coefficient (Wildman–Crippen LogP) is 0.691. The first-order valence-electron chi connectivity index (χ1n) is 6.10. The lowest BCUT2D eigenvalue weighted by atomic mass is 10.2. The maximum Gasteiger partial charge on any atom is 0.274 e. The van der Waals surface area contributed by atoms with Crippen molar-refractivity contribution in [3.63, 3.8) is 0 Å². The van der Waals surface area contributed by atoms with Crippen molar-refractivity contribution in [2.75, 3.05) is 19.6 Å². The summed E-state index contributed by atoms with van der Waals surface area (Å²) < 4.78 is 0. The fraction of sp³-hybridized carbons (Fsp3) is 0.583. The Hall–Kier alpha value is -1.49. The van der Waals surface area contributed by atoms with Gasteiger partial charge in [0.05, 0.1) is 6.20 Å². The summed E-state index contributed by atoms with van der Waals surface area (Å²) >= 11 is 0. The van der Waals surface area contributed by atoms with Crippen molar-refractivity contribution < 1.29 is 4.79 Å². The molecule has 92 valence electrons. The topological polar surface area (TPSA) is 58.1 Å². The molecule has 1 amide bonds. The highest BCUT2D eigenvalue weighted by atomic mass is 16.2. The summed E-state index contributed by atoms with van der Waals surface area (Å²) in [5.41, 5.74) is 0.423. The lowest BCUT2D eigenvalue weighted by Crippen LogP contribution is -2.41. The van der Waals surface area contributed by atoms with E-state index in [4.69, 9.17) is 0 Å². The van der Waals surface area contributed by atoms with Gasteiger partial charge in [0.15, 0.2) is 0 Å². The predicted molar refractivity (Wildman–Crippen MR) is 64.6 cm³/mol. The van der Waals surface area contributed by atoms with Crippen LogP contribution in [-0.2, 0) is 0 Å². The van der Waals surface area contributed by atoms with Gasteiger partial charge in [-0.05, 0) is 26.3 Å². The lowest BCUT2D eigenvalue weighted by Gasteiger charge is -2.23. The molecular formula is C12H18N4O. The van der Waals surface area contributed by atoms with Crippen LogP contribution in [0.2, 0.25) is 0 Å². The molecule has 0 spiro atoms. The normalized spacial score (nSPS) is 19.2. The third-order valence-electron chi connectivity index (χ3n) is 3.05. The van der Waals surface area contributed by atoms with Crippen LogP contribution in [0, 0.1) is 0 Å². The Morgan fingerprint density at radius 1 is 1.59 bits per heavy atom. The molecule has 0 aromatic carbocycles. The van der Waals surface area contributed by atoms with Gasteiger partial charge in [-0.1, -0.05) is 0 Å². The van der Waals surface area contributed by atoms with Gasteiger partial charge in [0.1, 0.15) is 5.69 Å². The zero-order valence-electron chi connectivity index (χ0n) is 10.1. The number of nitrogens with zero attached hydrogens (tertiary/aromatic N) is 3. The summed E-state index contributed by atoms with van der Waals surface area (Å²) in [6.07, 6.45) is 6.99. The number of likely N-dealkylation sites (N-methyl/N-ethyl adjacent to an activating group) is 1. The number of rotatable bonds is 4. The maximum atomic E-state index is 12.2. The van der Waals surface area contributed by atoms with E-state index in [0.717, 1.165) is 19.5 Å². The summed E-state index contributed by atoms with van der Waals surface area (Å²) in [6.45, 7) is 4.50. The van der Waals surface area contributed by atoms with E-state index in [9.17, 15) is 4.79 Å². The quantitative estimate of drug-likeness (QED) is 0.832. The highest BCUT2D eigenvalue weighted by molar-refractivity contribution is 5.91. The van der Waals surface area contributed by atoms with Gasteiger partial charge >= 0.3 is 0 Å².